The van der Waals surface area contributed by atoms with Crippen molar-refractivity contribution >= 4 is 118 Å². The molecule has 0 aliphatic rings. The summed E-state index contributed by atoms with van der Waals surface area (Å²) >= 11 is 7.61. The van der Waals surface area contributed by atoms with Crippen LogP contribution in [0.5, 0.6) is 0 Å². The van der Waals surface area contributed by atoms with Crippen molar-refractivity contribution in [3.63, 3.8) is 0 Å². The van der Waals surface area contributed by atoms with Crippen molar-refractivity contribution in [1.29, 1.82) is 0 Å². The first-order valence-corrected chi connectivity index (χ1v) is 35.3. The molecule has 0 fully saturated rings. The Kier molecular flexibility index (Phi) is 50.4. The van der Waals surface area contributed by atoms with E-state index in [4.69, 9.17) is 47.4 Å². The summed E-state index contributed by atoms with van der Waals surface area (Å²) in [6.07, 6.45) is 10.3. The van der Waals surface area contributed by atoms with Crippen LogP contribution in [0.4, 0.5) is 0 Å². The number of ketones is 1. The van der Waals surface area contributed by atoms with E-state index in [1.807, 2.05) is 46.0 Å². The van der Waals surface area contributed by atoms with Crippen molar-refractivity contribution in [2.24, 2.45) is 29.6 Å². The van der Waals surface area contributed by atoms with Crippen molar-refractivity contribution in [3.05, 3.63) is 0 Å². The number of hydrogen-bond acceptors (Lipinski definition) is 28. The van der Waals surface area contributed by atoms with E-state index in [1.54, 1.807) is 46.4 Å². The fourth-order valence-electron chi connectivity index (χ4n) is 7.42. The van der Waals surface area contributed by atoms with Crippen LogP contribution >= 0.6 is 58.8 Å². The van der Waals surface area contributed by atoms with Gasteiger partial charge in [-0.2, -0.15) is 58.8 Å². The fraction of sp³-hybridized carbons (Fsp3) is 0.821. The predicted molar refractivity (Wildman–Crippen MR) is 329 cm³/mol. The zero-order valence-electron chi connectivity index (χ0n) is 51.4. The van der Waals surface area contributed by atoms with Crippen LogP contribution in [0, 0.1) is 29.6 Å². The standard InChI is InChI=1S/C56H97N3O20S5/c1-42(36-80-6)47(60)35-70-41-79-52(65)17-22-57(18-11-20-58(23-13-48(61)71-27-31-75-53(66)43(2)37-81-7)24-14-49(62)72-28-32-76-54(67)44(3)38-82-8)19-12-21-59(25-15-50(63)73-29-33-77-55(68)45(4)39-83-9)26-16-51(64)74-30-34-78-56(69)46(5)40-84-10/h42-46H,11-41H2,1-10H3. The summed E-state index contributed by atoms with van der Waals surface area (Å²) in [5.74, 6) is -2.75. The summed E-state index contributed by atoms with van der Waals surface area (Å²) in [4.78, 5) is 132. The molecule has 486 valence electrons. The highest BCUT2D eigenvalue weighted by Gasteiger charge is 2.21. The number of Topliss-reactive ketones (excluding diaryl/α,β-unsaturated/α-hetero) is 1. The molecule has 28 heteroatoms. The Balaban J connectivity index is 6.18. The number of rotatable bonds is 54. The molecule has 0 amide bonds. The van der Waals surface area contributed by atoms with Crippen molar-refractivity contribution in [1.82, 2.24) is 14.7 Å². The lowest BCUT2D eigenvalue weighted by Gasteiger charge is -2.27. The molecule has 5 unspecified atom stereocenters. The van der Waals surface area contributed by atoms with Crippen LogP contribution in [-0.4, -0.2) is 259 Å². The molecule has 0 aliphatic heterocycles. The van der Waals surface area contributed by atoms with E-state index in [2.05, 4.69) is 0 Å². The summed E-state index contributed by atoms with van der Waals surface area (Å²) in [6.45, 7) is 10.1. The maximum atomic E-state index is 13.0. The third kappa shape index (κ3) is 44.0. The highest BCUT2D eigenvalue weighted by Crippen LogP contribution is 2.12. The fourth-order valence-corrected chi connectivity index (χ4v) is 10.6. The van der Waals surface area contributed by atoms with E-state index >= 15 is 0 Å². The number of carbonyl (C=O) groups excluding carboxylic acids is 10. The molecule has 5 atom stereocenters. The number of nitrogens with zero attached hydrogens (tertiary/aromatic N) is 3. The maximum absolute atomic E-state index is 13.0. The smallest absolute Gasteiger partial charge is 0.309 e. The minimum atomic E-state index is -0.552. The molecule has 0 N–H and O–H groups in total. The Morgan fingerprint density at radius 3 is 0.798 bits per heavy atom. The van der Waals surface area contributed by atoms with E-state index < -0.39 is 36.6 Å². The van der Waals surface area contributed by atoms with Crippen LogP contribution in [0.15, 0.2) is 0 Å². The van der Waals surface area contributed by atoms with Crippen molar-refractivity contribution in [2.45, 2.75) is 79.6 Å². The summed E-state index contributed by atoms with van der Waals surface area (Å²) in [5.41, 5.74) is 0. The second-order valence-corrected chi connectivity index (χ2v) is 24.3. The molecule has 0 aromatic heterocycles. The number of hydrogen-bond donors (Lipinski definition) is 0. The van der Waals surface area contributed by atoms with E-state index in [0.29, 0.717) is 67.8 Å². The van der Waals surface area contributed by atoms with Gasteiger partial charge in [0.25, 0.3) is 0 Å². The van der Waals surface area contributed by atoms with Crippen molar-refractivity contribution in [2.75, 3.05) is 185 Å². The van der Waals surface area contributed by atoms with Gasteiger partial charge in [-0.15, -0.1) is 0 Å². The summed E-state index contributed by atoms with van der Waals surface area (Å²) < 4.78 is 53.0. The third-order valence-corrected chi connectivity index (χ3v) is 16.4. The number of ether oxygens (including phenoxy) is 10. The van der Waals surface area contributed by atoms with Gasteiger partial charge in [0.2, 0.25) is 0 Å². The van der Waals surface area contributed by atoms with Crippen LogP contribution < -0.4 is 0 Å². The lowest BCUT2D eigenvalue weighted by molar-refractivity contribution is -0.159. The molecule has 0 spiro atoms. The van der Waals surface area contributed by atoms with Gasteiger partial charge >= 0.3 is 53.7 Å². The first-order valence-electron chi connectivity index (χ1n) is 28.4. The molecule has 23 nitrogen and oxygen atoms in total. The lowest BCUT2D eigenvalue weighted by Crippen LogP contribution is -2.36. The van der Waals surface area contributed by atoms with Crippen LogP contribution in [0.1, 0.15) is 79.6 Å². The Morgan fingerprint density at radius 2 is 0.536 bits per heavy atom. The Morgan fingerprint density at radius 1 is 0.310 bits per heavy atom. The molecule has 0 saturated heterocycles. The van der Waals surface area contributed by atoms with Gasteiger partial charge in [-0.25, -0.2) is 0 Å². The quantitative estimate of drug-likeness (QED) is 0.0333. The molecule has 0 saturated carbocycles. The summed E-state index contributed by atoms with van der Waals surface area (Å²) in [7, 11) is 0. The number of thioether (sulfide) groups is 5. The Bertz CT molecular complexity index is 1690. The van der Waals surface area contributed by atoms with Gasteiger partial charge in [-0.3, -0.25) is 47.9 Å². The van der Waals surface area contributed by atoms with E-state index in [9.17, 15) is 47.9 Å². The molecule has 84 heavy (non-hydrogen) atoms. The van der Waals surface area contributed by atoms with Crippen LogP contribution in [0.3, 0.4) is 0 Å². The first-order chi connectivity index (χ1) is 40.2. The largest absolute Gasteiger partial charge is 0.462 e. The molecule has 0 aliphatic carbocycles. The third-order valence-electron chi connectivity index (χ3n) is 12.2. The van der Waals surface area contributed by atoms with Gasteiger partial charge in [0.15, 0.2) is 12.6 Å². The van der Waals surface area contributed by atoms with E-state index in [1.165, 1.54) is 47.0 Å². The van der Waals surface area contributed by atoms with Crippen LogP contribution in [-0.2, 0) is 95.3 Å². The second kappa shape index (κ2) is 52.6. The highest BCUT2D eigenvalue weighted by atomic mass is 32.2. The number of esters is 9. The van der Waals surface area contributed by atoms with Crippen molar-refractivity contribution in [3.8, 4) is 0 Å². The van der Waals surface area contributed by atoms with E-state index in [0.717, 1.165) is 0 Å². The maximum Gasteiger partial charge on any atom is 0.309 e. The monoisotopic (exact) mass is 1290 g/mol. The van der Waals surface area contributed by atoms with Gasteiger partial charge in [-0.05, 0) is 70.3 Å². The normalized spacial score (nSPS) is 13.1. The van der Waals surface area contributed by atoms with Gasteiger partial charge in [0.05, 0.1) is 55.8 Å². The van der Waals surface area contributed by atoms with Crippen molar-refractivity contribution < 1.29 is 95.3 Å². The van der Waals surface area contributed by atoms with Crippen LogP contribution in [0.2, 0.25) is 0 Å². The highest BCUT2D eigenvalue weighted by molar-refractivity contribution is 7.99. The molecule has 0 radical (unpaired) electrons. The average molecular weight is 1290 g/mol. The zero-order valence-corrected chi connectivity index (χ0v) is 55.4. The molecule has 0 rings (SSSR count). The molecule has 0 aromatic rings. The Labute approximate surface area is 519 Å². The predicted octanol–water partition coefficient (Wildman–Crippen LogP) is 5.05. The minimum Gasteiger partial charge on any atom is -0.462 e. The van der Waals surface area contributed by atoms with E-state index in [-0.39, 0.29) is 184 Å². The lowest BCUT2D eigenvalue weighted by atomic mass is 10.1. The van der Waals surface area contributed by atoms with Gasteiger partial charge in [-0.1, -0.05) is 34.6 Å². The molecule has 0 aromatic carbocycles. The van der Waals surface area contributed by atoms with Gasteiger partial charge in [0, 0.05) is 67.4 Å². The average Bonchev–Trinajstić information content (AvgIpc) is 3.46. The second-order valence-electron chi connectivity index (χ2n) is 19.8. The molecule has 0 heterocycles. The molecular weight excluding hydrogens is 1190 g/mol. The van der Waals surface area contributed by atoms with Gasteiger partial charge in [0.1, 0.15) is 59.5 Å². The minimum absolute atomic E-state index is 0.0296. The first kappa shape index (κ1) is 80.5. The topological polar surface area (TPSA) is 273 Å². The summed E-state index contributed by atoms with van der Waals surface area (Å²) in [5, 5.41) is 0. The summed E-state index contributed by atoms with van der Waals surface area (Å²) in [6, 6.07) is 0. The Hall–Kier alpha value is -3.51. The molecular formula is C56H97N3O20S5. The number of carbonyl (C=O) groups is 10. The molecule has 0 bridgehead atoms. The van der Waals surface area contributed by atoms with Crippen LogP contribution in [0.25, 0.3) is 0 Å². The zero-order chi connectivity index (χ0) is 62.9. The van der Waals surface area contributed by atoms with Gasteiger partial charge < -0.3 is 62.1 Å². The SMILES string of the molecule is CSCC(C)C(=O)COCOC(=O)CCN(CCCN(CCC(=O)OCCOC(=O)C(C)CSC)CCC(=O)OCCOC(=O)C(C)CSC)CCCN(CCC(=O)OCCOC(=O)C(C)CSC)CCC(=O)OCCOC(=O)C(C)CSC.